The van der Waals surface area contributed by atoms with Crippen molar-refractivity contribution < 1.29 is 5.11 Å². The summed E-state index contributed by atoms with van der Waals surface area (Å²) in [7, 11) is 0. The smallest absolute Gasteiger partial charge is 0.191 e. The van der Waals surface area contributed by atoms with Crippen molar-refractivity contribution in [2.24, 2.45) is 4.99 Å². The first-order valence-electron chi connectivity index (χ1n) is 10.9. The minimum Gasteiger partial charge on any atom is -0.393 e. The van der Waals surface area contributed by atoms with E-state index < -0.39 is 0 Å². The fourth-order valence-corrected chi connectivity index (χ4v) is 4.10. The fourth-order valence-electron chi connectivity index (χ4n) is 4.10. The Morgan fingerprint density at radius 3 is 2.58 bits per heavy atom. The number of guanidine groups is 1. The molecule has 1 atom stereocenters. The lowest BCUT2D eigenvalue weighted by Crippen LogP contribution is -2.46. The standard InChI is InChI=1S/C20H41N5O/c1-3-18-8-5-6-14-25(18)17-12-23-20(21-4-2)22-11-7-13-24-15-9-19(26)10-16-24/h18-19,26H,3-17H2,1-2H3,(H2,21,22,23). The lowest BCUT2D eigenvalue weighted by molar-refractivity contribution is 0.0824. The van der Waals surface area contributed by atoms with Crippen molar-refractivity contribution in [2.75, 3.05) is 52.4 Å². The SMILES string of the molecule is CCNC(=NCCCN1CCC(O)CC1)NCCN1CCCCC1CC. The molecule has 6 heteroatoms. The first kappa shape index (κ1) is 21.5. The Hall–Kier alpha value is -0.850. The lowest BCUT2D eigenvalue weighted by atomic mass is 10.0. The van der Waals surface area contributed by atoms with E-state index in [1.165, 1.54) is 32.2 Å². The Morgan fingerprint density at radius 1 is 1.04 bits per heavy atom. The van der Waals surface area contributed by atoms with E-state index in [1.54, 1.807) is 0 Å². The highest BCUT2D eigenvalue weighted by molar-refractivity contribution is 5.79. The normalized spacial score (nSPS) is 24.0. The zero-order valence-electron chi connectivity index (χ0n) is 17.1. The van der Waals surface area contributed by atoms with Crippen molar-refractivity contribution in [2.45, 2.75) is 70.9 Å². The molecule has 2 aliphatic heterocycles. The highest BCUT2D eigenvalue weighted by Crippen LogP contribution is 2.18. The molecule has 0 aliphatic carbocycles. The molecule has 1 unspecified atom stereocenters. The van der Waals surface area contributed by atoms with Gasteiger partial charge in [0.2, 0.25) is 0 Å². The molecule has 0 aromatic rings. The van der Waals surface area contributed by atoms with E-state index in [0.29, 0.717) is 0 Å². The van der Waals surface area contributed by atoms with Gasteiger partial charge in [-0.15, -0.1) is 0 Å². The molecule has 2 rings (SSSR count). The second kappa shape index (κ2) is 12.5. The summed E-state index contributed by atoms with van der Waals surface area (Å²) in [4.78, 5) is 9.83. The van der Waals surface area contributed by atoms with Crippen LogP contribution in [0.15, 0.2) is 4.99 Å². The molecule has 3 N–H and O–H groups in total. The molecule has 0 aromatic carbocycles. The summed E-state index contributed by atoms with van der Waals surface area (Å²) in [6.07, 6.45) is 8.20. The number of aliphatic hydroxyl groups is 1. The van der Waals surface area contributed by atoms with Gasteiger partial charge in [-0.05, 0) is 58.5 Å². The van der Waals surface area contributed by atoms with Gasteiger partial charge in [-0.25, -0.2) is 0 Å². The molecule has 0 radical (unpaired) electrons. The minimum atomic E-state index is -0.0824. The first-order chi connectivity index (χ1) is 12.7. The summed E-state index contributed by atoms with van der Waals surface area (Å²) >= 11 is 0. The number of rotatable bonds is 9. The van der Waals surface area contributed by atoms with Gasteiger partial charge in [0.1, 0.15) is 0 Å². The maximum atomic E-state index is 9.57. The molecule has 0 saturated carbocycles. The van der Waals surface area contributed by atoms with E-state index >= 15 is 0 Å². The second-order valence-corrected chi connectivity index (χ2v) is 7.71. The third-order valence-electron chi connectivity index (χ3n) is 5.72. The zero-order valence-corrected chi connectivity index (χ0v) is 17.1. The molecule has 0 bridgehead atoms. The van der Waals surface area contributed by atoms with Crippen LogP contribution in [0.1, 0.15) is 58.8 Å². The molecule has 2 saturated heterocycles. The van der Waals surface area contributed by atoms with Crippen LogP contribution in [0.4, 0.5) is 0 Å². The summed E-state index contributed by atoms with van der Waals surface area (Å²) < 4.78 is 0. The van der Waals surface area contributed by atoms with Crippen LogP contribution in [0.2, 0.25) is 0 Å². The molecule has 26 heavy (non-hydrogen) atoms. The summed E-state index contributed by atoms with van der Waals surface area (Å²) in [5.41, 5.74) is 0. The van der Waals surface area contributed by atoms with Gasteiger partial charge in [-0.2, -0.15) is 0 Å². The van der Waals surface area contributed by atoms with Crippen molar-refractivity contribution in [1.82, 2.24) is 20.4 Å². The number of nitrogens with one attached hydrogen (secondary N) is 2. The van der Waals surface area contributed by atoms with Crippen LogP contribution in [0.25, 0.3) is 0 Å². The Morgan fingerprint density at radius 2 is 1.85 bits per heavy atom. The molecular weight excluding hydrogens is 326 g/mol. The minimum absolute atomic E-state index is 0.0824. The number of hydrogen-bond acceptors (Lipinski definition) is 4. The van der Waals surface area contributed by atoms with E-state index in [9.17, 15) is 5.11 Å². The van der Waals surface area contributed by atoms with Gasteiger partial charge in [0.05, 0.1) is 6.10 Å². The van der Waals surface area contributed by atoms with Crippen molar-refractivity contribution in [1.29, 1.82) is 0 Å². The van der Waals surface area contributed by atoms with Gasteiger partial charge in [-0.1, -0.05) is 13.3 Å². The van der Waals surface area contributed by atoms with Gasteiger partial charge < -0.3 is 20.6 Å². The van der Waals surface area contributed by atoms with E-state index in [1.807, 2.05) is 0 Å². The quantitative estimate of drug-likeness (QED) is 0.329. The van der Waals surface area contributed by atoms with Gasteiger partial charge in [0, 0.05) is 45.3 Å². The van der Waals surface area contributed by atoms with Crippen LogP contribution in [-0.4, -0.2) is 85.4 Å². The average molecular weight is 368 g/mol. The zero-order chi connectivity index (χ0) is 18.6. The fraction of sp³-hybridized carbons (Fsp3) is 0.950. The third kappa shape index (κ3) is 7.80. The van der Waals surface area contributed by atoms with Crippen LogP contribution < -0.4 is 10.6 Å². The Balaban J connectivity index is 1.64. The highest BCUT2D eigenvalue weighted by atomic mass is 16.3. The monoisotopic (exact) mass is 367 g/mol. The van der Waals surface area contributed by atoms with Crippen molar-refractivity contribution in [3.8, 4) is 0 Å². The Labute approximate surface area is 160 Å². The number of aliphatic imine (C=N–C) groups is 1. The number of hydrogen-bond donors (Lipinski definition) is 3. The average Bonchev–Trinajstić information content (AvgIpc) is 2.67. The largest absolute Gasteiger partial charge is 0.393 e. The summed E-state index contributed by atoms with van der Waals surface area (Å²) in [5, 5.41) is 16.4. The molecule has 0 spiro atoms. The predicted molar refractivity (Wildman–Crippen MR) is 110 cm³/mol. The molecule has 6 nitrogen and oxygen atoms in total. The van der Waals surface area contributed by atoms with E-state index in [2.05, 4.69) is 34.3 Å². The van der Waals surface area contributed by atoms with Crippen LogP contribution in [0, 0.1) is 0 Å². The maximum Gasteiger partial charge on any atom is 0.191 e. The third-order valence-corrected chi connectivity index (χ3v) is 5.72. The van der Waals surface area contributed by atoms with Crippen LogP contribution in [0.5, 0.6) is 0 Å². The second-order valence-electron chi connectivity index (χ2n) is 7.71. The van der Waals surface area contributed by atoms with E-state index in [4.69, 9.17) is 4.99 Å². The number of nitrogens with zero attached hydrogens (tertiary/aromatic N) is 3. The Kier molecular flexibility index (Phi) is 10.3. The van der Waals surface area contributed by atoms with Gasteiger partial charge in [-0.3, -0.25) is 9.89 Å². The number of aliphatic hydroxyl groups excluding tert-OH is 1. The Bertz CT molecular complexity index is 396. The van der Waals surface area contributed by atoms with Crippen LogP contribution in [-0.2, 0) is 0 Å². The molecule has 2 aliphatic rings. The van der Waals surface area contributed by atoms with E-state index in [0.717, 1.165) is 77.1 Å². The molecule has 152 valence electrons. The predicted octanol–water partition coefficient (Wildman–Crippen LogP) is 1.65. The van der Waals surface area contributed by atoms with Crippen molar-refractivity contribution >= 4 is 5.96 Å². The van der Waals surface area contributed by atoms with Gasteiger partial charge >= 0.3 is 0 Å². The number of piperidine rings is 2. The number of likely N-dealkylation sites (tertiary alicyclic amines) is 2. The van der Waals surface area contributed by atoms with Gasteiger partial charge in [0.15, 0.2) is 5.96 Å². The topological polar surface area (TPSA) is 63.1 Å². The van der Waals surface area contributed by atoms with Gasteiger partial charge in [0.25, 0.3) is 0 Å². The van der Waals surface area contributed by atoms with Crippen molar-refractivity contribution in [3.05, 3.63) is 0 Å². The van der Waals surface area contributed by atoms with E-state index in [-0.39, 0.29) is 6.10 Å². The molecular formula is C20H41N5O. The molecule has 2 fully saturated rings. The molecule has 0 aromatic heterocycles. The van der Waals surface area contributed by atoms with Crippen LogP contribution in [0.3, 0.4) is 0 Å². The molecule has 2 heterocycles. The lowest BCUT2D eigenvalue weighted by Gasteiger charge is -2.35. The van der Waals surface area contributed by atoms with Crippen molar-refractivity contribution in [3.63, 3.8) is 0 Å². The summed E-state index contributed by atoms with van der Waals surface area (Å²) in [6.45, 7) is 12.6. The summed E-state index contributed by atoms with van der Waals surface area (Å²) in [6, 6.07) is 0.771. The summed E-state index contributed by atoms with van der Waals surface area (Å²) in [5.74, 6) is 0.951. The highest BCUT2D eigenvalue weighted by Gasteiger charge is 2.20. The maximum absolute atomic E-state index is 9.57. The first-order valence-corrected chi connectivity index (χ1v) is 10.9. The molecule has 0 amide bonds. The van der Waals surface area contributed by atoms with Crippen LogP contribution >= 0.6 is 0 Å².